The van der Waals surface area contributed by atoms with Gasteiger partial charge in [-0.2, -0.15) is 13.2 Å². The number of rotatable bonds is 4. The van der Waals surface area contributed by atoms with E-state index in [9.17, 15) is 18.0 Å². The number of hydrogen-bond acceptors (Lipinski definition) is 4. The van der Waals surface area contributed by atoms with Gasteiger partial charge < -0.3 is 11.1 Å². The van der Waals surface area contributed by atoms with Crippen molar-refractivity contribution in [3.05, 3.63) is 10.9 Å². The van der Waals surface area contributed by atoms with Gasteiger partial charge in [-0.1, -0.05) is 0 Å². The van der Waals surface area contributed by atoms with E-state index >= 15 is 0 Å². The molecule has 2 fully saturated rings. The lowest BCUT2D eigenvalue weighted by molar-refractivity contribution is -0.151. The molecule has 0 saturated heterocycles. The molecule has 1 aromatic rings. The van der Waals surface area contributed by atoms with Crippen LogP contribution in [0.25, 0.3) is 0 Å². The first-order chi connectivity index (χ1) is 8.82. The molecule has 104 valence electrons. The van der Waals surface area contributed by atoms with E-state index in [0.717, 1.165) is 24.2 Å². The monoisotopic (exact) mass is 290 g/mol. The first kappa shape index (κ1) is 12.8. The first-order valence-electron chi connectivity index (χ1n) is 6.11. The van der Waals surface area contributed by atoms with E-state index in [1.807, 2.05) is 0 Å². The summed E-state index contributed by atoms with van der Waals surface area (Å²) < 4.78 is 38.5. The van der Waals surface area contributed by atoms with Gasteiger partial charge in [0.15, 0.2) is 5.78 Å². The highest BCUT2D eigenvalue weighted by Crippen LogP contribution is 2.52. The van der Waals surface area contributed by atoms with Gasteiger partial charge in [0.1, 0.15) is 5.54 Å². The third-order valence-electron chi connectivity index (χ3n) is 3.59. The highest BCUT2D eigenvalue weighted by Gasteiger charge is 2.63. The van der Waals surface area contributed by atoms with E-state index < -0.39 is 11.7 Å². The van der Waals surface area contributed by atoms with Crippen LogP contribution in [0.4, 0.5) is 23.9 Å². The summed E-state index contributed by atoms with van der Waals surface area (Å²) in [6, 6.07) is 1.44. The highest BCUT2D eigenvalue weighted by atomic mass is 32.1. The van der Waals surface area contributed by atoms with Crippen LogP contribution in [-0.2, 0) is 0 Å². The maximum Gasteiger partial charge on any atom is 0.411 e. The molecule has 1 heterocycles. The lowest BCUT2D eigenvalue weighted by atomic mass is 10.2. The number of alkyl halides is 3. The van der Waals surface area contributed by atoms with Gasteiger partial charge in [-0.25, -0.2) is 0 Å². The van der Waals surface area contributed by atoms with E-state index in [-0.39, 0.29) is 30.2 Å². The maximum absolute atomic E-state index is 12.8. The second kappa shape index (κ2) is 3.88. The van der Waals surface area contributed by atoms with Crippen molar-refractivity contribution in [1.82, 2.24) is 0 Å². The van der Waals surface area contributed by atoms with Gasteiger partial charge in [0.05, 0.1) is 15.6 Å². The SMILES string of the molecule is Nc1cc(NC2(C(F)(F)F)CC2)sc1C(=O)C1CC1. The number of nitrogens with one attached hydrogen (secondary N) is 1. The van der Waals surface area contributed by atoms with Crippen molar-refractivity contribution in [3.8, 4) is 0 Å². The molecule has 0 aromatic carbocycles. The predicted octanol–water partition coefficient (Wildman–Crippen LogP) is 3.43. The Hall–Kier alpha value is -1.24. The molecule has 0 spiro atoms. The van der Waals surface area contributed by atoms with Crippen LogP contribution in [0, 0.1) is 5.92 Å². The first-order valence-corrected chi connectivity index (χ1v) is 6.92. The quantitative estimate of drug-likeness (QED) is 0.835. The molecule has 3 rings (SSSR count). The summed E-state index contributed by atoms with van der Waals surface area (Å²) in [7, 11) is 0. The molecule has 7 heteroatoms. The molecule has 0 radical (unpaired) electrons. The van der Waals surface area contributed by atoms with Crippen LogP contribution < -0.4 is 11.1 Å². The van der Waals surface area contributed by atoms with Gasteiger partial charge in [0, 0.05) is 5.92 Å². The molecule has 2 aliphatic rings. The number of Topliss-reactive ketones (excluding diaryl/α,β-unsaturated/α-hetero) is 1. The summed E-state index contributed by atoms with van der Waals surface area (Å²) in [5.41, 5.74) is 4.19. The number of halogens is 3. The van der Waals surface area contributed by atoms with Crippen LogP contribution in [0.2, 0.25) is 0 Å². The third kappa shape index (κ3) is 2.20. The van der Waals surface area contributed by atoms with E-state index in [1.165, 1.54) is 6.07 Å². The molecule has 3 N–H and O–H groups in total. The van der Waals surface area contributed by atoms with Crippen LogP contribution in [0.5, 0.6) is 0 Å². The Morgan fingerprint density at radius 1 is 1.42 bits per heavy atom. The van der Waals surface area contributed by atoms with Crippen molar-refractivity contribution in [1.29, 1.82) is 0 Å². The number of anilines is 2. The fourth-order valence-electron chi connectivity index (χ4n) is 2.03. The smallest absolute Gasteiger partial charge is 0.397 e. The summed E-state index contributed by atoms with van der Waals surface area (Å²) in [4.78, 5) is 12.3. The van der Waals surface area contributed by atoms with Crippen LogP contribution >= 0.6 is 11.3 Å². The molecular formula is C12H13F3N2OS. The molecule has 0 bridgehead atoms. The summed E-state index contributed by atoms with van der Waals surface area (Å²) in [5, 5.41) is 2.84. The van der Waals surface area contributed by atoms with Gasteiger partial charge in [-0.15, -0.1) is 11.3 Å². The minimum atomic E-state index is -4.27. The van der Waals surface area contributed by atoms with E-state index in [0.29, 0.717) is 9.88 Å². The van der Waals surface area contributed by atoms with E-state index in [4.69, 9.17) is 5.73 Å². The van der Waals surface area contributed by atoms with Crippen LogP contribution in [0.3, 0.4) is 0 Å². The Labute approximate surface area is 112 Å². The lowest BCUT2D eigenvalue weighted by Gasteiger charge is -2.20. The van der Waals surface area contributed by atoms with E-state index in [2.05, 4.69) is 5.32 Å². The highest BCUT2D eigenvalue weighted by molar-refractivity contribution is 7.18. The second-order valence-electron chi connectivity index (χ2n) is 5.24. The molecule has 2 aliphatic carbocycles. The number of hydrogen-bond donors (Lipinski definition) is 2. The van der Waals surface area contributed by atoms with Crippen LogP contribution in [0.1, 0.15) is 35.4 Å². The zero-order valence-corrected chi connectivity index (χ0v) is 10.8. The zero-order chi connectivity index (χ0) is 13.8. The summed E-state index contributed by atoms with van der Waals surface area (Å²) in [5.74, 6) is -0.0151. The number of nitrogens with two attached hydrogens (primary N) is 1. The Morgan fingerprint density at radius 3 is 2.53 bits per heavy atom. The number of ketones is 1. The standard InChI is InChI=1S/C12H13F3N2OS/c13-12(14,15)11(3-4-11)17-8-5-7(16)10(19-8)9(18)6-1-2-6/h5-6,17H,1-4,16H2. The van der Waals surface area contributed by atoms with Crippen molar-refractivity contribution in [3.63, 3.8) is 0 Å². The molecule has 2 saturated carbocycles. The Balaban J connectivity index is 1.79. The number of carbonyl (C=O) groups is 1. The molecule has 1 aromatic heterocycles. The predicted molar refractivity (Wildman–Crippen MR) is 67.4 cm³/mol. The normalized spacial score (nSPS) is 21.2. The maximum atomic E-state index is 12.8. The molecule has 3 nitrogen and oxygen atoms in total. The van der Waals surface area contributed by atoms with Crippen molar-refractivity contribution in [2.75, 3.05) is 11.1 Å². The Morgan fingerprint density at radius 2 is 2.05 bits per heavy atom. The molecule has 0 atom stereocenters. The number of thiophene rings is 1. The minimum absolute atomic E-state index is 0.0197. The number of nitrogen functional groups attached to an aromatic ring is 1. The van der Waals surface area contributed by atoms with Crippen LogP contribution in [-0.4, -0.2) is 17.5 Å². The molecule has 19 heavy (non-hydrogen) atoms. The topological polar surface area (TPSA) is 55.1 Å². The largest absolute Gasteiger partial charge is 0.411 e. The van der Waals surface area contributed by atoms with Gasteiger partial charge >= 0.3 is 6.18 Å². The van der Waals surface area contributed by atoms with Gasteiger partial charge in [0.25, 0.3) is 0 Å². The van der Waals surface area contributed by atoms with Crippen molar-refractivity contribution in [2.45, 2.75) is 37.4 Å². The second-order valence-corrected chi connectivity index (χ2v) is 6.29. The van der Waals surface area contributed by atoms with Crippen molar-refractivity contribution < 1.29 is 18.0 Å². The fourth-order valence-corrected chi connectivity index (χ4v) is 3.13. The average Bonchev–Trinajstić information content (AvgIpc) is 3.16. The average molecular weight is 290 g/mol. The third-order valence-corrected chi connectivity index (χ3v) is 4.67. The fraction of sp³-hybridized carbons (Fsp3) is 0.583. The van der Waals surface area contributed by atoms with Crippen molar-refractivity contribution >= 4 is 27.8 Å². The molecular weight excluding hydrogens is 277 g/mol. The van der Waals surface area contributed by atoms with Gasteiger partial charge in [-0.3, -0.25) is 4.79 Å². The molecule has 0 aliphatic heterocycles. The summed E-state index contributed by atoms with van der Waals surface area (Å²) in [6.07, 6.45) is -2.43. The summed E-state index contributed by atoms with van der Waals surface area (Å²) in [6.45, 7) is 0. The molecule has 0 unspecified atom stereocenters. The van der Waals surface area contributed by atoms with Crippen LogP contribution in [0.15, 0.2) is 6.07 Å². The van der Waals surface area contributed by atoms with Gasteiger partial charge in [-0.05, 0) is 31.7 Å². The zero-order valence-electron chi connectivity index (χ0n) is 10.0. The minimum Gasteiger partial charge on any atom is -0.397 e. The Kier molecular flexibility index (Phi) is 2.61. The lowest BCUT2D eigenvalue weighted by Crippen LogP contribution is -2.38. The number of carbonyl (C=O) groups excluding carboxylic acids is 1. The Bertz CT molecular complexity index is 530. The van der Waals surface area contributed by atoms with Crippen molar-refractivity contribution in [2.24, 2.45) is 5.92 Å². The van der Waals surface area contributed by atoms with Gasteiger partial charge in [0.2, 0.25) is 0 Å². The van der Waals surface area contributed by atoms with E-state index in [1.54, 1.807) is 0 Å². The molecule has 0 amide bonds. The summed E-state index contributed by atoms with van der Waals surface area (Å²) >= 11 is 1.03.